The van der Waals surface area contributed by atoms with Gasteiger partial charge in [-0.3, -0.25) is 0 Å². The number of aromatic nitrogens is 2. The molecule has 3 heteroatoms. The van der Waals surface area contributed by atoms with Crippen LogP contribution < -0.4 is 5.32 Å². The summed E-state index contributed by atoms with van der Waals surface area (Å²) >= 11 is 0. The van der Waals surface area contributed by atoms with Crippen LogP contribution in [0.2, 0.25) is 0 Å². The van der Waals surface area contributed by atoms with Gasteiger partial charge in [-0.25, -0.2) is 9.97 Å². The minimum atomic E-state index is 0.683. The Balaban J connectivity index is 1.79. The average Bonchev–Trinajstić information content (AvgIpc) is 3.07. The molecule has 1 aromatic rings. The normalized spacial score (nSPS) is 19.8. The van der Waals surface area contributed by atoms with Crippen LogP contribution in [-0.4, -0.2) is 16.5 Å². The molecule has 2 saturated carbocycles. The van der Waals surface area contributed by atoms with Crippen LogP contribution in [0.4, 0.5) is 5.82 Å². The van der Waals surface area contributed by atoms with Gasteiger partial charge in [-0.15, -0.1) is 0 Å². The smallest absolute Gasteiger partial charge is 0.131 e. The molecule has 19 heavy (non-hydrogen) atoms. The fraction of sp³-hybridized carbons (Fsp3) is 0.750. The summed E-state index contributed by atoms with van der Waals surface area (Å²) in [5.41, 5.74) is 1.29. The van der Waals surface area contributed by atoms with Crippen molar-refractivity contribution in [2.24, 2.45) is 5.92 Å². The molecule has 1 N–H and O–H groups in total. The van der Waals surface area contributed by atoms with Gasteiger partial charge in [0.2, 0.25) is 0 Å². The largest absolute Gasteiger partial charge is 0.370 e. The second kappa shape index (κ2) is 5.89. The van der Waals surface area contributed by atoms with E-state index in [1.54, 1.807) is 0 Å². The lowest BCUT2D eigenvalue weighted by Crippen LogP contribution is -2.09. The van der Waals surface area contributed by atoms with Gasteiger partial charge in [0, 0.05) is 30.6 Å². The highest BCUT2D eigenvalue weighted by Crippen LogP contribution is 2.35. The molecule has 2 aliphatic rings. The van der Waals surface area contributed by atoms with E-state index in [9.17, 15) is 0 Å². The molecule has 0 atom stereocenters. The second-order valence-electron chi connectivity index (χ2n) is 6.15. The zero-order chi connectivity index (χ0) is 13.1. The van der Waals surface area contributed by atoms with Crippen LogP contribution in [0.5, 0.6) is 0 Å². The van der Waals surface area contributed by atoms with Crippen molar-refractivity contribution in [3.8, 4) is 0 Å². The van der Waals surface area contributed by atoms with Crippen molar-refractivity contribution < 1.29 is 0 Å². The van der Waals surface area contributed by atoms with Crippen LogP contribution >= 0.6 is 0 Å². The molecule has 3 nitrogen and oxygen atoms in total. The molecule has 2 fully saturated rings. The van der Waals surface area contributed by atoms with E-state index < -0.39 is 0 Å². The molecule has 0 spiro atoms. The molecule has 0 amide bonds. The van der Waals surface area contributed by atoms with Gasteiger partial charge >= 0.3 is 0 Å². The van der Waals surface area contributed by atoms with Crippen molar-refractivity contribution in [2.75, 3.05) is 11.9 Å². The lowest BCUT2D eigenvalue weighted by molar-refractivity contribution is 0.673. The molecule has 1 heterocycles. The van der Waals surface area contributed by atoms with Gasteiger partial charge < -0.3 is 5.32 Å². The van der Waals surface area contributed by atoms with Crippen molar-refractivity contribution in [1.82, 2.24) is 9.97 Å². The van der Waals surface area contributed by atoms with Crippen molar-refractivity contribution in [3.63, 3.8) is 0 Å². The number of hydrogen-bond acceptors (Lipinski definition) is 3. The zero-order valence-electron chi connectivity index (χ0n) is 12.0. The molecule has 0 aliphatic heterocycles. The first-order valence-electron chi connectivity index (χ1n) is 7.97. The van der Waals surface area contributed by atoms with Gasteiger partial charge in [0.1, 0.15) is 11.6 Å². The van der Waals surface area contributed by atoms with Crippen LogP contribution in [0.15, 0.2) is 6.07 Å². The summed E-state index contributed by atoms with van der Waals surface area (Å²) in [5, 5.41) is 3.44. The van der Waals surface area contributed by atoms with Crippen molar-refractivity contribution in [2.45, 2.75) is 64.2 Å². The van der Waals surface area contributed by atoms with E-state index in [-0.39, 0.29) is 0 Å². The van der Waals surface area contributed by atoms with Crippen molar-refractivity contribution in [1.29, 1.82) is 0 Å². The molecule has 104 valence electrons. The number of nitrogens with one attached hydrogen (secondary N) is 1. The summed E-state index contributed by atoms with van der Waals surface area (Å²) in [6, 6.07) is 2.20. The molecule has 0 bridgehead atoms. The first-order chi connectivity index (χ1) is 9.35. The Morgan fingerprint density at radius 3 is 2.63 bits per heavy atom. The van der Waals surface area contributed by atoms with Gasteiger partial charge in [-0.2, -0.15) is 0 Å². The van der Waals surface area contributed by atoms with Crippen molar-refractivity contribution in [3.05, 3.63) is 17.6 Å². The van der Waals surface area contributed by atoms with E-state index in [1.807, 2.05) is 0 Å². The van der Waals surface area contributed by atoms with E-state index in [0.29, 0.717) is 5.92 Å². The Morgan fingerprint density at radius 2 is 1.95 bits per heavy atom. The highest BCUT2D eigenvalue weighted by molar-refractivity contribution is 5.37. The highest BCUT2D eigenvalue weighted by Gasteiger charge is 2.25. The fourth-order valence-electron chi connectivity index (χ4n) is 2.96. The Hall–Kier alpha value is -1.12. The third kappa shape index (κ3) is 3.46. The fourth-order valence-corrected chi connectivity index (χ4v) is 2.96. The van der Waals surface area contributed by atoms with Crippen LogP contribution in [-0.2, 0) is 6.42 Å². The lowest BCUT2D eigenvalue weighted by atomic mass is 10.0. The van der Waals surface area contributed by atoms with E-state index in [4.69, 9.17) is 9.97 Å². The maximum absolute atomic E-state index is 4.85. The van der Waals surface area contributed by atoms with Gasteiger partial charge in [-0.05, 0) is 38.0 Å². The second-order valence-corrected chi connectivity index (χ2v) is 6.15. The number of nitrogens with zero attached hydrogens (tertiary/aromatic N) is 2. The standard InChI is InChI=1S/C16H25N3/c1-2-9-17-15-11-14(13-5-3-4-6-13)18-16(19-15)10-12-7-8-12/h11-13H,2-10H2,1H3,(H,17,18,19). The Labute approximate surface area is 116 Å². The monoisotopic (exact) mass is 259 g/mol. The Morgan fingerprint density at radius 1 is 1.16 bits per heavy atom. The summed E-state index contributed by atoms with van der Waals surface area (Å²) < 4.78 is 0. The number of hydrogen-bond donors (Lipinski definition) is 1. The van der Waals surface area contributed by atoms with Crippen LogP contribution in [0.25, 0.3) is 0 Å². The first-order valence-corrected chi connectivity index (χ1v) is 7.97. The predicted molar refractivity (Wildman–Crippen MR) is 78.4 cm³/mol. The van der Waals surface area contributed by atoms with Crippen LogP contribution in [0, 0.1) is 5.92 Å². The predicted octanol–water partition coefficient (Wildman–Crippen LogP) is 3.91. The molecular weight excluding hydrogens is 234 g/mol. The lowest BCUT2D eigenvalue weighted by Gasteiger charge is -2.13. The minimum Gasteiger partial charge on any atom is -0.370 e. The average molecular weight is 259 g/mol. The van der Waals surface area contributed by atoms with Crippen LogP contribution in [0.3, 0.4) is 0 Å². The van der Waals surface area contributed by atoms with E-state index >= 15 is 0 Å². The first kappa shape index (κ1) is 12.9. The third-order valence-corrected chi connectivity index (χ3v) is 4.29. The van der Waals surface area contributed by atoms with E-state index in [2.05, 4.69) is 18.3 Å². The molecule has 2 aliphatic carbocycles. The topological polar surface area (TPSA) is 37.8 Å². The van der Waals surface area contributed by atoms with E-state index in [1.165, 1.54) is 44.2 Å². The molecule has 1 aromatic heterocycles. The van der Waals surface area contributed by atoms with E-state index in [0.717, 1.165) is 36.9 Å². The van der Waals surface area contributed by atoms with Gasteiger partial charge in [0.25, 0.3) is 0 Å². The molecular formula is C16H25N3. The van der Waals surface area contributed by atoms with Crippen LogP contribution in [0.1, 0.15) is 69.3 Å². The van der Waals surface area contributed by atoms with Gasteiger partial charge in [-0.1, -0.05) is 19.8 Å². The molecule has 0 radical (unpaired) electrons. The highest BCUT2D eigenvalue weighted by atomic mass is 15.0. The SMILES string of the molecule is CCCNc1cc(C2CCCC2)nc(CC2CC2)n1. The van der Waals surface area contributed by atoms with Gasteiger partial charge in [0.15, 0.2) is 0 Å². The molecule has 0 aromatic carbocycles. The summed E-state index contributed by atoms with van der Waals surface area (Å²) in [6.07, 6.45) is 10.3. The summed E-state index contributed by atoms with van der Waals surface area (Å²) in [5.74, 6) is 3.67. The minimum absolute atomic E-state index is 0.683. The third-order valence-electron chi connectivity index (χ3n) is 4.29. The molecule has 3 rings (SSSR count). The number of anilines is 1. The summed E-state index contributed by atoms with van der Waals surface area (Å²) in [6.45, 7) is 3.20. The summed E-state index contributed by atoms with van der Waals surface area (Å²) in [7, 11) is 0. The quantitative estimate of drug-likeness (QED) is 0.841. The van der Waals surface area contributed by atoms with Crippen molar-refractivity contribution >= 4 is 5.82 Å². The Bertz CT molecular complexity index is 420. The number of rotatable bonds is 6. The maximum Gasteiger partial charge on any atom is 0.131 e. The molecule has 0 unspecified atom stereocenters. The van der Waals surface area contributed by atoms with Gasteiger partial charge in [0.05, 0.1) is 0 Å². The molecule has 0 saturated heterocycles. The zero-order valence-corrected chi connectivity index (χ0v) is 12.0. The Kier molecular flexibility index (Phi) is 4.00. The summed E-state index contributed by atoms with van der Waals surface area (Å²) in [4.78, 5) is 9.55. The maximum atomic E-state index is 4.85.